The summed E-state index contributed by atoms with van der Waals surface area (Å²) < 4.78 is 11.0. The molecule has 1 saturated carbocycles. The molecular formula is C20H29N3O2. The molecule has 0 bridgehead atoms. The molecule has 4 rings (SSSR count). The van der Waals surface area contributed by atoms with Gasteiger partial charge in [-0.2, -0.15) is 0 Å². The fraction of sp³-hybridized carbons (Fsp3) is 0.650. The minimum atomic E-state index is 0.115. The summed E-state index contributed by atoms with van der Waals surface area (Å²) >= 11 is 0. The maximum atomic E-state index is 5.55. The van der Waals surface area contributed by atoms with Gasteiger partial charge in [0, 0.05) is 36.5 Å². The van der Waals surface area contributed by atoms with Gasteiger partial charge in [-0.25, -0.2) is 0 Å². The average Bonchev–Trinajstić information content (AvgIpc) is 3.22. The maximum absolute atomic E-state index is 5.55. The molecule has 2 heterocycles. The molecule has 3 aliphatic rings. The van der Waals surface area contributed by atoms with Crippen LogP contribution in [0.15, 0.2) is 23.2 Å². The number of likely N-dealkylation sites (tertiary alicyclic amines) is 1. The van der Waals surface area contributed by atoms with E-state index in [4.69, 9.17) is 9.47 Å². The van der Waals surface area contributed by atoms with Crippen molar-refractivity contribution in [2.75, 3.05) is 26.9 Å². The zero-order chi connectivity index (χ0) is 17.9. The summed E-state index contributed by atoms with van der Waals surface area (Å²) in [6.07, 6.45) is 2.40. The second kappa shape index (κ2) is 5.29. The van der Waals surface area contributed by atoms with E-state index < -0.39 is 0 Å². The van der Waals surface area contributed by atoms with Gasteiger partial charge in [0.1, 0.15) is 0 Å². The van der Waals surface area contributed by atoms with Crippen molar-refractivity contribution >= 4 is 5.96 Å². The van der Waals surface area contributed by atoms with E-state index in [1.54, 1.807) is 0 Å². The van der Waals surface area contributed by atoms with Gasteiger partial charge in [-0.3, -0.25) is 4.99 Å². The molecule has 25 heavy (non-hydrogen) atoms. The van der Waals surface area contributed by atoms with E-state index in [1.165, 1.54) is 18.4 Å². The summed E-state index contributed by atoms with van der Waals surface area (Å²) in [5.41, 5.74) is 1.95. The Bertz CT molecular complexity index is 720. The van der Waals surface area contributed by atoms with E-state index >= 15 is 0 Å². The van der Waals surface area contributed by atoms with Crippen LogP contribution >= 0.6 is 0 Å². The molecule has 1 N–H and O–H groups in total. The molecule has 0 radical (unpaired) electrons. The van der Waals surface area contributed by atoms with Crippen LogP contribution in [0.1, 0.15) is 46.1 Å². The first kappa shape index (κ1) is 16.6. The highest BCUT2D eigenvalue weighted by atomic mass is 16.7. The first-order chi connectivity index (χ1) is 11.8. The van der Waals surface area contributed by atoms with E-state index in [1.807, 2.05) is 13.1 Å². The zero-order valence-corrected chi connectivity index (χ0v) is 16.0. The smallest absolute Gasteiger partial charge is 0.231 e. The van der Waals surface area contributed by atoms with Crippen molar-refractivity contribution in [1.82, 2.24) is 10.2 Å². The fourth-order valence-electron chi connectivity index (χ4n) is 3.89. The third kappa shape index (κ3) is 2.47. The number of guanidine groups is 1. The van der Waals surface area contributed by atoms with Crippen molar-refractivity contribution in [2.45, 2.75) is 51.5 Å². The lowest BCUT2D eigenvalue weighted by molar-refractivity contribution is -0.0667. The van der Waals surface area contributed by atoms with Gasteiger partial charge < -0.3 is 19.7 Å². The molecule has 0 atom stereocenters. The Hall–Kier alpha value is -1.91. The number of ether oxygens (including phenoxy) is 2. The Labute approximate surface area is 150 Å². The molecule has 2 fully saturated rings. The monoisotopic (exact) mass is 343 g/mol. The number of fused-ring (bicyclic) bond motifs is 1. The van der Waals surface area contributed by atoms with E-state index in [0.717, 1.165) is 30.5 Å². The van der Waals surface area contributed by atoms with Crippen LogP contribution in [0.2, 0.25) is 0 Å². The molecule has 1 aromatic rings. The van der Waals surface area contributed by atoms with Crippen LogP contribution in [0, 0.1) is 5.41 Å². The van der Waals surface area contributed by atoms with E-state index in [2.05, 4.69) is 55.0 Å². The standard InChI is InChI=1S/C20H29N3O2/c1-18(2)12-23(19(18,3)4)17(21-5)22-11-20(8-9-20)14-6-7-15-16(10-14)25-13-24-15/h6-7,10H,8-9,11-13H2,1-5H3,(H,21,22). The van der Waals surface area contributed by atoms with Crippen molar-refractivity contribution in [3.8, 4) is 11.5 Å². The Morgan fingerprint density at radius 3 is 2.48 bits per heavy atom. The molecule has 0 aromatic heterocycles. The Balaban J connectivity index is 1.46. The van der Waals surface area contributed by atoms with Gasteiger partial charge in [-0.15, -0.1) is 0 Å². The summed E-state index contributed by atoms with van der Waals surface area (Å²) in [6, 6.07) is 6.37. The number of aliphatic imine (C=N–C) groups is 1. The Morgan fingerprint density at radius 1 is 1.16 bits per heavy atom. The predicted octanol–water partition coefficient (Wildman–Crippen LogP) is 3.14. The Morgan fingerprint density at radius 2 is 1.88 bits per heavy atom. The summed E-state index contributed by atoms with van der Waals surface area (Å²) in [7, 11) is 1.88. The Kier molecular flexibility index (Phi) is 3.50. The molecule has 1 aliphatic carbocycles. The van der Waals surface area contributed by atoms with Crippen LogP contribution in [0.3, 0.4) is 0 Å². The summed E-state index contributed by atoms with van der Waals surface area (Å²) in [5, 5.41) is 3.64. The maximum Gasteiger partial charge on any atom is 0.231 e. The predicted molar refractivity (Wildman–Crippen MR) is 99.4 cm³/mol. The molecule has 0 unspecified atom stereocenters. The van der Waals surface area contributed by atoms with Gasteiger partial charge in [0.15, 0.2) is 17.5 Å². The van der Waals surface area contributed by atoms with Gasteiger partial charge in [0.25, 0.3) is 0 Å². The lowest BCUT2D eigenvalue weighted by atomic mass is 9.65. The summed E-state index contributed by atoms with van der Waals surface area (Å²) in [5.74, 6) is 2.74. The molecule has 0 amide bonds. The third-order valence-corrected chi connectivity index (χ3v) is 6.78. The number of hydrogen-bond acceptors (Lipinski definition) is 3. The van der Waals surface area contributed by atoms with Crippen LogP contribution < -0.4 is 14.8 Å². The molecule has 1 aromatic carbocycles. The molecular weight excluding hydrogens is 314 g/mol. The van der Waals surface area contributed by atoms with Crippen molar-refractivity contribution in [3.05, 3.63) is 23.8 Å². The molecule has 0 spiro atoms. The third-order valence-electron chi connectivity index (χ3n) is 6.78. The average molecular weight is 343 g/mol. The van der Waals surface area contributed by atoms with Gasteiger partial charge in [-0.1, -0.05) is 19.9 Å². The molecule has 1 saturated heterocycles. The van der Waals surface area contributed by atoms with Crippen LogP contribution in [0.5, 0.6) is 11.5 Å². The van der Waals surface area contributed by atoms with E-state index in [9.17, 15) is 0 Å². The SMILES string of the molecule is CN=C(NCC1(c2ccc3c(c2)OCO3)CC1)N1CC(C)(C)C1(C)C. The van der Waals surface area contributed by atoms with E-state index in [-0.39, 0.29) is 11.0 Å². The fourth-order valence-corrected chi connectivity index (χ4v) is 3.89. The van der Waals surface area contributed by atoms with Crippen LogP contribution in [0.4, 0.5) is 0 Å². The first-order valence-corrected chi connectivity index (χ1v) is 9.18. The normalized spacial score (nSPS) is 24.7. The number of rotatable bonds is 3. The number of nitrogens with one attached hydrogen (secondary N) is 1. The number of hydrogen-bond donors (Lipinski definition) is 1. The lowest BCUT2D eigenvalue weighted by Crippen LogP contribution is -2.72. The molecule has 136 valence electrons. The second-order valence-electron chi connectivity index (χ2n) is 8.78. The zero-order valence-electron chi connectivity index (χ0n) is 16.0. The van der Waals surface area contributed by atoms with Gasteiger partial charge >= 0.3 is 0 Å². The second-order valence-corrected chi connectivity index (χ2v) is 8.78. The van der Waals surface area contributed by atoms with Gasteiger partial charge in [0.05, 0.1) is 0 Å². The highest BCUT2D eigenvalue weighted by Crippen LogP contribution is 2.50. The van der Waals surface area contributed by atoms with Crippen LogP contribution in [0.25, 0.3) is 0 Å². The van der Waals surface area contributed by atoms with Gasteiger partial charge in [0.2, 0.25) is 6.79 Å². The van der Waals surface area contributed by atoms with E-state index in [0.29, 0.717) is 12.2 Å². The first-order valence-electron chi connectivity index (χ1n) is 9.18. The van der Waals surface area contributed by atoms with Gasteiger partial charge in [-0.05, 0) is 44.4 Å². The highest BCUT2D eigenvalue weighted by molar-refractivity contribution is 5.82. The highest BCUT2D eigenvalue weighted by Gasteiger charge is 2.54. The van der Waals surface area contributed by atoms with Crippen LogP contribution in [-0.4, -0.2) is 43.3 Å². The number of benzene rings is 1. The van der Waals surface area contributed by atoms with Crippen molar-refractivity contribution in [2.24, 2.45) is 10.4 Å². The quantitative estimate of drug-likeness (QED) is 0.676. The largest absolute Gasteiger partial charge is 0.454 e. The summed E-state index contributed by atoms with van der Waals surface area (Å²) in [4.78, 5) is 6.93. The van der Waals surface area contributed by atoms with Crippen LogP contribution in [-0.2, 0) is 5.41 Å². The molecule has 5 heteroatoms. The lowest BCUT2D eigenvalue weighted by Gasteiger charge is -2.62. The summed E-state index contributed by atoms with van der Waals surface area (Å²) in [6.45, 7) is 11.5. The molecule has 5 nitrogen and oxygen atoms in total. The van der Waals surface area contributed by atoms with Crippen molar-refractivity contribution in [1.29, 1.82) is 0 Å². The van der Waals surface area contributed by atoms with Crippen molar-refractivity contribution < 1.29 is 9.47 Å². The molecule has 2 aliphatic heterocycles. The number of nitrogens with zero attached hydrogens (tertiary/aromatic N) is 2. The minimum Gasteiger partial charge on any atom is -0.454 e. The van der Waals surface area contributed by atoms with Crippen molar-refractivity contribution in [3.63, 3.8) is 0 Å². The topological polar surface area (TPSA) is 46.1 Å². The minimum absolute atomic E-state index is 0.115.